The lowest BCUT2D eigenvalue weighted by Gasteiger charge is -2.15. The average Bonchev–Trinajstić information content (AvgIpc) is 2.14. The summed E-state index contributed by atoms with van der Waals surface area (Å²) in [5, 5.41) is 8.72. The molecule has 0 aliphatic rings. The van der Waals surface area contributed by atoms with Gasteiger partial charge in [-0.2, -0.15) is 0 Å². The van der Waals surface area contributed by atoms with E-state index in [1.165, 1.54) is 12.8 Å². The maximum atomic E-state index is 10.6. The van der Waals surface area contributed by atoms with Crippen molar-refractivity contribution in [3.8, 4) is 0 Å². The lowest BCUT2D eigenvalue weighted by molar-refractivity contribution is -0.132. The van der Waals surface area contributed by atoms with Gasteiger partial charge in [0.1, 0.15) is 0 Å². The molecule has 0 fully saturated rings. The first-order chi connectivity index (χ1) is 6.61. The van der Waals surface area contributed by atoms with E-state index in [4.69, 9.17) is 5.11 Å². The highest BCUT2D eigenvalue weighted by Gasteiger charge is 2.12. The second kappa shape index (κ2) is 7.60. The van der Waals surface area contributed by atoms with Crippen molar-refractivity contribution in [3.63, 3.8) is 0 Å². The molecule has 0 saturated carbocycles. The van der Waals surface area contributed by atoms with Gasteiger partial charge >= 0.3 is 5.97 Å². The van der Waals surface area contributed by atoms with Crippen LogP contribution in [0.3, 0.4) is 0 Å². The molecule has 0 bridgehead atoms. The van der Waals surface area contributed by atoms with Gasteiger partial charge < -0.3 is 5.11 Å². The third kappa shape index (κ3) is 5.79. The summed E-state index contributed by atoms with van der Waals surface area (Å²) in [5.41, 5.74) is 0.361. The van der Waals surface area contributed by atoms with Gasteiger partial charge in [-0.3, -0.25) is 0 Å². The number of hydrogen-bond donors (Lipinski definition) is 1. The molecule has 2 heteroatoms. The summed E-state index contributed by atoms with van der Waals surface area (Å²) in [6.07, 6.45) is 6.41. The Morgan fingerprint density at radius 1 is 1.29 bits per heavy atom. The highest BCUT2D eigenvalue weighted by atomic mass is 16.4. The number of carboxylic acid groups (broad SMARTS) is 1. The zero-order chi connectivity index (χ0) is 11.0. The van der Waals surface area contributed by atoms with Gasteiger partial charge in [0, 0.05) is 5.57 Å². The van der Waals surface area contributed by atoms with Gasteiger partial charge in [0.2, 0.25) is 0 Å². The van der Waals surface area contributed by atoms with Crippen molar-refractivity contribution in [2.24, 2.45) is 5.92 Å². The lowest BCUT2D eigenvalue weighted by Crippen LogP contribution is -2.07. The third-order valence-corrected chi connectivity index (χ3v) is 2.50. The Morgan fingerprint density at radius 3 is 2.36 bits per heavy atom. The van der Waals surface area contributed by atoms with Crippen molar-refractivity contribution in [3.05, 3.63) is 12.2 Å². The SMILES string of the molecule is C=C(CC(CCC)CCCC)C(=O)O. The molecule has 0 aromatic heterocycles. The number of aliphatic carboxylic acids is 1. The molecule has 0 aromatic carbocycles. The van der Waals surface area contributed by atoms with Gasteiger partial charge in [0.15, 0.2) is 0 Å². The van der Waals surface area contributed by atoms with E-state index in [1.807, 2.05) is 0 Å². The third-order valence-electron chi connectivity index (χ3n) is 2.50. The summed E-state index contributed by atoms with van der Waals surface area (Å²) in [6.45, 7) is 7.89. The summed E-state index contributed by atoms with van der Waals surface area (Å²) in [5.74, 6) is -0.328. The molecule has 82 valence electrons. The summed E-state index contributed by atoms with van der Waals surface area (Å²) in [6, 6.07) is 0. The molecule has 1 atom stereocenters. The molecule has 0 aliphatic heterocycles. The van der Waals surface area contributed by atoms with Crippen LogP contribution in [0.5, 0.6) is 0 Å². The summed E-state index contributed by atoms with van der Waals surface area (Å²) in [7, 11) is 0. The Labute approximate surface area is 87.0 Å². The maximum Gasteiger partial charge on any atom is 0.330 e. The first-order valence-corrected chi connectivity index (χ1v) is 5.52. The Bertz CT molecular complexity index is 185. The molecule has 0 radical (unpaired) electrons. The van der Waals surface area contributed by atoms with E-state index in [0.29, 0.717) is 17.9 Å². The largest absolute Gasteiger partial charge is 0.478 e. The van der Waals surface area contributed by atoms with E-state index in [-0.39, 0.29) is 0 Å². The Morgan fingerprint density at radius 2 is 1.93 bits per heavy atom. The molecule has 0 amide bonds. The van der Waals surface area contributed by atoms with Crippen LogP contribution in [0.4, 0.5) is 0 Å². The van der Waals surface area contributed by atoms with Crippen LogP contribution < -0.4 is 0 Å². The van der Waals surface area contributed by atoms with E-state index in [1.54, 1.807) is 0 Å². The zero-order valence-electron chi connectivity index (χ0n) is 9.38. The van der Waals surface area contributed by atoms with E-state index in [0.717, 1.165) is 19.3 Å². The van der Waals surface area contributed by atoms with Gasteiger partial charge in [-0.25, -0.2) is 4.79 Å². The van der Waals surface area contributed by atoms with Crippen molar-refractivity contribution < 1.29 is 9.90 Å². The van der Waals surface area contributed by atoms with E-state index < -0.39 is 5.97 Å². The number of rotatable bonds is 8. The standard InChI is InChI=1S/C12H22O2/c1-4-6-8-11(7-5-2)9-10(3)12(13)14/h11H,3-9H2,1-2H3,(H,13,14). The minimum absolute atomic E-state index is 0.361. The molecule has 0 saturated heterocycles. The molecule has 14 heavy (non-hydrogen) atoms. The summed E-state index contributed by atoms with van der Waals surface area (Å²) >= 11 is 0. The smallest absolute Gasteiger partial charge is 0.330 e. The quantitative estimate of drug-likeness (QED) is 0.605. The zero-order valence-corrected chi connectivity index (χ0v) is 9.38. The van der Waals surface area contributed by atoms with Crippen LogP contribution in [0.15, 0.2) is 12.2 Å². The number of hydrogen-bond acceptors (Lipinski definition) is 1. The van der Waals surface area contributed by atoms with Crippen LogP contribution >= 0.6 is 0 Å². The molecule has 1 N–H and O–H groups in total. The molecule has 0 rings (SSSR count). The first kappa shape index (κ1) is 13.2. The molecule has 0 aliphatic carbocycles. The van der Waals surface area contributed by atoms with Crippen LogP contribution in [-0.2, 0) is 4.79 Å². The van der Waals surface area contributed by atoms with Gasteiger partial charge in [0.05, 0.1) is 0 Å². The average molecular weight is 198 g/mol. The van der Waals surface area contributed by atoms with E-state index >= 15 is 0 Å². The molecule has 2 nitrogen and oxygen atoms in total. The van der Waals surface area contributed by atoms with Crippen LogP contribution in [0, 0.1) is 5.92 Å². The van der Waals surface area contributed by atoms with Gasteiger partial charge in [-0.15, -0.1) is 0 Å². The Balaban J connectivity index is 3.94. The second-order valence-electron chi connectivity index (χ2n) is 3.91. The predicted molar refractivity (Wildman–Crippen MR) is 59.3 cm³/mol. The van der Waals surface area contributed by atoms with Crippen LogP contribution in [0.1, 0.15) is 52.4 Å². The van der Waals surface area contributed by atoms with Crippen molar-refractivity contribution in [2.45, 2.75) is 52.4 Å². The fraction of sp³-hybridized carbons (Fsp3) is 0.750. The minimum Gasteiger partial charge on any atom is -0.478 e. The molecule has 1 unspecified atom stereocenters. The van der Waals surface area contributed by atoms with Crippen molar-refractivity contribution in [2.75, 3.05) is 0 Å². The van der Waals surface area contributed by atoms with E-state index in [2.05, 4.69) is 20.4 Å². The molecule has 0 spiro atoms. The predicted octanol–water partition coefficient (Wildman–Crippen LogP) is 3.62. The number of carbonyl (C=O) groups is 1. The Kier molecular flexibility index (Phi) is 7.17. The summed E-state index contributed by atoms with van der Waals surface area (Å²) < 4.78 is 0. The monoisotopic (exact) mass is 198 g/mol. The Hall–Kier alpha value is -0.790. The van der Waals surface area contributed by atoms with E-state index in [9.17, 15) is 4.79 Å². The molecular formula is C12H22O2. The fourth-order valence-electron chi connectivity index (χ4n) is 1.69. The molecule has 0 heterocycles. The first-order valence-electron chi connectivity index (χ1n) is 5.52. The summed E-state index contributed by atoms with van der Waals surface area (Å²) in [4.78, 5) is 10.6. The maximum absolute atomic E-state index is 10.6. The van der Waals surface area contributed by atoms with Gasteiger partial charge in [0.25, 0.3) is 0 Å². The van der Waals surface area contributed by atoms with Crippen molar-refractivity contribution in [1.29, 1.82) is 0 Å². The van der Waals surface area contributed by atoms with Gasteiger partial charge in [-0.1, -0.05) is 52.5 Å². The highest BCUT2D eigenvalue weighted by molar-refractivity contribution is 5.85. The second-order valence-corrected chi connectivity index (χ2v) is 3.91. The fourth-order valence-corrected chi connectivity index (χ4v) is 1.69. The van der Waals surface area contributed by atoms with Crippen molar-refractivity contribution in [1.82, 2.24) is 0 Å². The number of unbranched alkanes of at least 4 members (excludes halogenated alkanes) is 1. The topological polar surface area (TPSA) is 37.3 Å². The minimum atomic E-state index is -0.845. The normalized spacial score (nSPS) is 12.4. The molecule has 0 aromatic rings. The lowest BCUT2D eigenvalue weighted by atomic mass is 9.91. The highest BCUT2D eigenvalue weighted by Crippen LogP contribution is 2.22. The van der Waals surface area contributed by atoms with Crippen LogP contribution in [0.2, 0.25) is 0 Å². The number of carboxylic acids is 1. The molecular weight excluding hydrogens is 176 g/mol. The van der Waals surface area contributed by atoms with Crippen molar-refractivity contribution >= 4 is 5.97 Å². The van der Waals surface area contributed by atoms with Crippen LogP contribution in [0.25, 0.3) is 0 Å². The van der Waals surface area contributed by atoms with Crippen LogP contribution in [-0.4, -0.2) is 11.1 Å². The van der Waals surface area contributed by atoms with Gasteiger partial charge in [-0.05, 0) is 12.3 Å².